The molecule has 0 radical (unpaired) electrons. The maximum atomic E-state index is 5.77. The van der Waals surface area contributed by atoms with E-state index in [9.17, 15) is 0 Å². The number of nitrogens with zero attached hydrogens (tertiary/aromatic N) is 2. The Labute approximate surface area is 423 Å². The van der Waals surface area contributed by atoms with Crippen LogP contribution in [0.3, 0.4) is 0 Å². The molecule has 2 unspecified atom stereocenters. The van der Waals surface area contributed by atoms with Gasteiger partial charge < -0.3 is 0 Å². The summed E-state index contributed by atoms with van der Waals surface area (Å²) in [5.74, 6) is 2.41. The molecule has 4 heterocycles. The fourth-order valence-corrected chi connectivity index (χ4v) is 20.0. The van der Waals surface area contributed by atoms with E-state index < -0.39 is 8.07 Å². The van der Waals surface area contributed by atoms with Gasteiger partial charge >= 0.3 is 0 Å². The molecule has 69 heavy (non-hydrogen) atoms. The number of hydrogen-bond donors (Lipinski definition) is 0. The lowest BCUT2D eigenvalue weighted by molar-refractivity contribution is 0.469. The summed E-state index contributed by atoms with van der Waals surface area (Å²) in [7, 11) is -2.17. The van der Waals surface area contributed by atoms with Crippen LogP contribution >= 0.6 is 22.7 Å². The Morgan fingerprint density at radius 3 is 1.39 bits per heavy atom. The van der Waals surface area contributed by atoms with E-state index in [1.54, 1.807) is 10.4 Å². The molecule has 356 valence electrons. The van der Waals surface area contributed by atoms with Gasteiger partial charge in [-0.1, -0.05) is 209 Å². The van der Waals surface area contributed by atoms with E-state index in [2.05, 4.69) is 191 Å². The van der Waals surface area contributed by atoms with Crippen LogP contribution in [0.5, 0.6) is 0 Å². The zero-order chi connectivity index (χ0) is 48.4. The predicted molar refractivity (Wildman–Crippen MR) is 307 cm³/mol. The van der Waals surface area contributed by atoms with Crippen molar-refractivity contribution in [2.75, 3.05) is 0 Å². The first-order valence-electron chi connectivity index (χ1n) is 26.4. The summed E-state index contributed by atoms with van der Waals surface area (Å²) in [6, 6.07) is 49.8. The quantitative estimate of drug-likeness (QED) is 0.0755. The molecule has 0 N–H and O–H groups in total. The van der Waals surface area contributed by atoms with Crippen molar-refractivity contribution in [3.63, 3.8) is 0 Å². The van der Waals surface area contributed by atoms with Crippen LogP contribution in [0.25, 0.3) is 76.0 Å². The van der Waals surface area contributed by atoms with Crippen molar-refractivity contribution >= 4 is 52.2 Å². The van der Waals surface area contributed by atoms with Crippen LogP contribution in [0.15, 0.2) is 121 Å². The Hall–Kier alpha value is -4.94. The van der Waals surface area contributed by atoms with Crippen molar-refractivity contribution in [3.8, 4) is 65.0 Å². The van der Waals surface area contributed by atoms with Gasteiger partial charge in [-0.05, 0) is 112 Å². The van der Waals surface area contributed by atoms with Gasteiger partial charge in [0.25, 0.3) is 0 Å². The van der Waals surface area contributed by atoms with Crippen molar-refractivity contribution in [3.05, 3.63) is 143 Å². The van der Waals surface area contributed by atoms with Gasteiger partial charge in [-0.2, -0.15) is 0 Å². The highest BCUT2D eigenvalue weighted by atomic mass is 32.1. The lowest BCUT2D eigenvalue weighted by atomic mass is 9.96. The Bertz CT molecular complexity index is 3020. The Kier molecular flexibility index (Phi) is 15.1. The summed E-state index contributed by atoms with van der Waals surface area (Å²) in [6.07, 6.45) is 10.4. The zero-order valence-electron chi connectivity index (χ0n) is 43.1. The fourth-order valence-electron chi connectivity index (χ4n) is 11.4. The zero-order valence-corrected chi connectivity index (χ0v) is 45.8. The van der Waals surface area contributed by atoms with E-state index in [4.69, 9.17) is 9.97 Å². The van der Waals surface area contributed by atoms with E-state index in [1.807, 2.05) is 22.7 Å². The van der Waals surface area contributed by atoms with Crippen LogP contribution in [0.1, 0.15) is 140 Å². The Morgan fingerprint density at radius 1 is 0.464 bits per heavy atom. The lowest BCUT2D eigenvalue weighted by Crippen LogP contribution is -2.57. The molecule has 5 heteroatoms. The maximum absolute atomic E-state index is 5.77. The summed E-state index contributed by atoms with van der Waals surface area (Å²) in [4.78, 5) is 16.6. The normalized spacial score (nSPS) is 15.3. The largest absolute Gasteiger partial charge is 0.243 e. The van der Waals surface area contributed by atoms with Gasteiger partial charge in [-0.3, -0.25) is 0 Å². The van der Waals surface area contributed by atoms with Gasteiger partial charge in [-0.25, -0.2) is 9.97 Å². The summed E-state index contributed by atoms with van der Waals surface area (Å²) in [6.45, 7) is 23.2. The third-order valence-corrected chi connectivity index (χ3v) is 23.2. The van der Waals surface area contributed by atoms with E-state index in [0.717, 1.165) is 56.5 Å². The van der Waals surface area contributed by atoms with Crippen molar-refractivity contribution in [1.82, 2.24) is 9.97 Å². The first kappa shape index (κ1) is 49.1. The molecule has 2 nitrogen and oxygen atoms in total. The third-order valence-electron chi connectivity index (χ3n) is 15.6. The molecule has 0 saturated carbocycles. The predicted octanol–water partition coefficient (Wildman–Crippen LogP) is 18.9. The average Bonchev–Trinajstić information content (AvgIpc) is 4.10. The Balaban J connectivity index is 1.21. The number of hydrogen-bond acceptors (Lipinski definition) is 4. The highest BCUT2D eigenvalue weighted by molar-refractivity contribution is 7.19. The van der Waals surface area contributed by atoms with Gasteiger partial charge in [0.1, 0.15) is 8.07 Å². The number of rotatable bonds is 19. The summed E-state index contributed by atoms with van der Waals surface area (Å²) < 4.78 is 0. The molecule has 0 spiro atoms. The summed E-state index contributed by atoms with van der Waals surface area (Å²) >= 11 is 3.74. The minimum Gasteiger partial charge on any atom is -0.243 e. The van der Waals surface area contributed by atoms with Gasteiger partial charge in [0.2, 0.25) is 0 Å². The molecule has 0 amide bonds. The molecule has 8 aromatic rings. The SMILES string of the molecule is CCCCC(CC)C[Si]1(CC(CC)CCCC)c2cc(C)ccc2-c2ccc(-c3ccc(-c4ccc(-c5ccc(C)s5)c5nc(-c6ccc(C(C)C)cc6)c(-c6ccc(C(C)C)cc6)nc45)s3)cc21. The first-order valence-corrected chi connectivity index (χ1v) is 30.5. The summed E-state index contributed by atoms with van der Waals surface area (Å²) in [5, 5.41) is 3.43. The standard InChI is InChI=1S/C64H74N2S2Si/c1-11-15-17-45(13-3)39-69(40-46(14-4)18-16-12-2)59-37-43(9)19-30-52(59)53-31-29-51(38-60(53)69)56-35-36-58(68-56)55-33-32-54(57-34-20-44(10)67-57)63-64(55)66-62(50-27-23-48(24-28-50)42(7)8)61(65-63)49-25-21-47(22-26-49)41(5)6/h19-38,41-42,45-46H,11-18,39-40H2,1-10H3. The van der Waals surface area contributed by atoms with E-state index in [-0.39, 0.29) is 0 Å². The van der Waals surface area contributed by atoms with Crippen LogP contribution in [0.4, 0.5) is 0 Å². The molecule has 0 bridgehead atoms. The highest BCUT2D eigenvalue weighted by Crippen LogP contribution is 2.45. The van der Waals surface area contributed by atoms with E-state index >= 15 is 0 Å². The first-order chi connectivity index (χ1) is 33.4. The minimum absolute atomic E-state index is 0.447. The van der Waals surface area contributed by atoms with Crippen molar-refractivity contribution < 1.29 is 0 Å². The Morgan fingerprint density at radius 2 is 0.913 bits per heavy atom. The van der Waals surface area contributed by atoms with Gasteiger partial charge in [-0.15, -0.1) is 22.7 Å². The summed E-state index contributed by atoms with van der Waals surface area (Å²) in [5.41, 5.74) is 16.7. The number of benzene rings is 5. The third kappa shape index (κ3) is 9.90. The van der Waals surface area contributed by atoms with Crippen molar-refractivity contribution in [2.45, 2.75) is 145 Å². The van der Waals surface area contributed by atoms with Crippen molar-refractivity contribution in [1.29, 1.82) is 0 Å². The number of thiophene rings is 2. The molecular weight excluding hydrogens is 889 g/mol. The second-order valence-corrected chi connectivity index (χ2v) is 27.5. The molecule has 9 rings (SSSR count). The highest BCUT2D eigenvalue weighted by Gasteiger charge is 2.47. The number of aromatic nitrogens is 2. The molecule has 1 aliphatic heterocycles. The van der Waals surface area contributed by atoms with Crippen LogP contribution in [0.2, 0.25) is 12.1 Å². The maximum Gasteiger partial charge on any atom is 0.120 e. The minimum atomic E-state index is -2.17. The topological polar surface area (TPSA) is 25.8 Å². The van der Waals surface area contributed by atoms with Crippen LogP contribution in [-0.4, -0.2) is 18.0 Å². The molecule has 0 fully saturated rings. The van der Waals surface area contributed by atoms with Crippen LogP contribution in [-0.2, 0) is 0 Å². The fraction of sp³-hybridized carbons (Fsp3) is 0.375. The second kappa shape index (κ2) is 21.2. The number of aryl methyl sites for hydroxylation is 2. The van der Waals surface area contributed by atoms with Crippen LogP contribution in [0, 0.1) is 25.7 Å². The van der Waals surface area contributed by atoms with Gasteiger partial charge in [0.15, 0.2) is 0 Å². The molecule has 3 aromatic heterocycles. The lowest BCUT2D eigenvalue weighted by Gasteiger charge is -2.37. The monoisotopic (exact) mass is 963 g/mol. The second-order valence-electron chi connectivity index (χ2n) is 21.0. The van der Waals surface area contributed by atoms with Crippen LogP contribution < -0.4 is 10.4 Å². The molecule has 1 aliphatic rings. The van der Waals surface area contributed by atoms with Gasteiger partial charge in [0, 0.05) is 41.8 Å². The molecule has 0 saturated heterocycles. The number of fused-ring (bicyclic) bond motifs is 4. The van der Waals surface area contributed by atoms with E-state index in [1.165, 1.54) is 116 Å². The van der Waals surface area contributed by atoms with Gasteiger partial charge in [0.05, 0.1) is 22.4 Å². The molecule has 5 aromatic carbocycles. The molecule has 2 atom stereocenters. The molecule has 0 aliphatic carbocycles. The van der Waals surface area contributed by atoms with Crippen molar-refractivity contribution in [2.24, 2.45) is 11.8 Å². The average molecular weight is 964 g/mol. The van der Waals surface area contributed by atoms with E-state index in [0.29, 0.717) is 11.8 Å². The number of unbranched alkanes of at least 4 members (excludes halogenated alkanes) is 2. The molecular formula is C64H74N2S2Si. The smallest absolute Gasteiger partial charge is 0.120 e.